The summed E-state index contributed by atoms with van der Waals surface area (Å²) in [6.07, 6.45) is 0. The summed E-state index contributed by atoms with van der Waals surface area (Å²) in [5.74, 6) is 0. The van der Waals surface area contributed by atoms with Gasteiger partial charge in [0.1, 0.15) is 0 Å². The summed E-state index contributed by atoms with van der Waals surface area (Å²) < 4.78 is 4.05. The van der Waals surface area contributed by atoms with Crippen molar-refractivity contribution < 1.29 is 0 Å². The first kappa shape index (κ1) is 26.0. The number of rotatable bonds is 3. The summed E-state index contributed by atoms with van der Waals surface area (Å²) in [5.41, 5.74) is 6.48. The Balaban J connectivity index is 1.38. The van der Waals surface area contributed by atoms with Crippen LogP contribution in [0, 0.1) is 0 Å². The van der Waals surface area contributed by atoms with Crippen LogP contribution >= 0.6 is 22.7 Å². The van der Waals surface area contributed by atoms with E-state index < -0.39 is 0 Å². The Morgan fingerprint density at radius 3 is 1.63 bits per heavy atom. The lowest BCUT2D eigenvalue weighted by molar-refractivity contribution is 1.69. The van der Waals surface area contributed by atoms with Gasteiger partial charge in [-0.05, 0) is 78.3 Å². The lowest BCUT2D eigenvalue weighted by Gasteiger charge is -2.19. The first-order valence-electron chi connectivity index (χ1n) is 15.7. The highest BCUT2D eigenvalue weighted by Crippen LogP contribution is 2.51. The maximum Gasteiger partial charge on any atom is 0.0448 e. The molecule has 2 heterocycles. The number of benzene rings is 8. The fraction of sp³-hybridized carbons (Fsp3) is 0. The first-order chi connectivity index (χ1) is 22.8. The van der Waals surface area contributed by atoms with Crippen LogP contribution in [-0.4, -0.2) is 0 Å². The van der Waals surface area contributed by atoms with Gasteiger partial charge in [-0.15, -0.1) is 22.7 Å². The second-order valence-corrected chi connectivity index (χ2v) is 14.1. The van der Waals surface area contributed by atoms with Gasteiger partial charge in [0.15, 0.2) is 0 Å². The van der Waals surface area contributed by atoms with Gasteiger partial charge in [0.05, 0.1) is 0 Å². The molecule has 0 unspecified atom stereocenters. The van der Waals surface area contributed by atoms with Crippen LogP contribution in [0.15, 0.2) is 158 Å². The molecule has 0 spiro atoms. The van der Waals surface area contributed by atoms with Crippen molar-refractivity contribution >= 4 is 85.2 Å². The average Bonchev–Trinajstić information content (AvgIpc) is 3.73. The van der Waals surface area contributed by atoms with E-state index in [4.69, 9.17) is 0 Å². The number of hydrogen-bond donors (Lipinski definition) is 0. The normalized spacial score (nSPS) is 11.9. The van der Waals surface area contributed by atoms with E-state index in [0.717, 1.165) is 0 Å². The molecule has 0 bridgehead atoms. The third-order valence-electron chi connectivity index (χ3n) is 9.47. The SMILES string of the molecule is c1ccc(-c2cc3c(-c4c5ccccc5c(-c5cccc6ccccc56)c5ccccc45)cc4sc5ccccc5c4c3s2)cc1. The highest BCUT2D eigenvalue weighted by atomic mass is 32.1. The molecule has 0 aliphatic carbocycles. The van der Waals surface area contributed by atoms with E-state index in [9.17, 15) is 0 Å². The van der Waals surface area contributed by atoms with Crippen molar-refractivity contribution in [3.63, 3.8) is 0 Å². The van der Waals surface area contributed by atoms with E-state index in [1.54, 1.807) is 0 Å². The Morgan fingerprint density at radius 2 is 0.913 bits per heavy atom. The highest BCUT2D eigenvalue weighted by molar-refractivity contribution is 7.28. The predicted octanol–water partition coefficient (Wildman–Crippen LogP) is 13.7. The zero-order chi connectivity index (χ0) is 30.2. The molecule has 0 N–H and O–H groups in total. The van der Waals surface area contributed by atoms with E-state index in [-0.39, 0.29) is 0 Å². The van der Waals surface area contributed by atoms with Gasteiger partial charge in [-0.1, -0.05) is 140 Å². The van der Waals surface area contributed by atoms with Crippen LogP contribution in [-0.2, 0) is 0 Å². The largest absolute Gasteiger partial charge is 0.135 e. The highest BCUT2D eigenvalue weighted by Gasteiger charge is 2.22. The Kier molecular flexibility index (Phi) is 5.72. The molecule has 0 fully saturated rings. The fourth-order valence-corrected chi connectivity index (χ4v) is 9.96. The minimum Gasteiger partial charge on any atom is -0.135 e. The number of hydrogen-bond acceptors (Lipinski definition) is 2. The number of fused-ring (bicyclic) bond motifs is 8. The monoisotopic (exact) mass is 618 g/mol. The summed E-state index contributed by atoms with van der Waals surface area (Å²) in [6.45, 7) is 0. The molecule has 0 nitrogen and oxygen atoms in total. The van der Waals surface area contributed by atoms with Crippen LogP contribution in [0.1, 0.15) is 0 Å². The molecular weight excluding hydrogens is 593 g/mol. The third-order valence-corrected chi connectivity index (χ3v) is 11.8. The van der Waals surface area contributed by atoms with E-state index >= 15 is 0 Å². The molecule has 2 heteroatoms. The van der Waals surface area contributed by atoms with Crippen LogP contribution in [0.4, 0.5) is 0 Å². The van der Waals surface area contributed by atoms with E-state index in [1.165, 1.54) is 95.3 Å². The Bertz CT molecular complexity index is 2740. The van der Waals surface area contributed by atoms with Crippen molar-refractivity contribution in [2.45, 2.75) is 0 Å². The first-order valence-corrected chi connectivity index (χ1v) is 17.3. The van der Waals surface area contributed by atoms with Crippen LogP contribution in [0.2, 0.25) is 0 Å². The molecule has 0 saturated heterocycles. The zero-order valence-electron chi connectivity index (χ0n) is 24.8. The second kappa shape index (κ2) is 10.1. The molecule has 46 heavy (non-hydrogen) atoms. The minimum atomic E-state index is 1.26. The third kappa shape index (κ3) is 3.78. The summed E-state index contributed by atoms with van der Waals surface area (Å²) in [6, 6.07) is 58.2. The summed E-state index contributed by atoms with van der Waals surface area (Å²) in [7, 11) is 0. The summed E-state index contributed by atoms with van der Waals surface area (Å²) >= 11 is 3.84. The molecule has 0 aliphatic rings. The van der Waals surface area contributed by atoms with Crippen molar-refractivity contribution in [1.82, 2.24) is 0 Å². The van der Waals surface area contributed by atoms with Gasteiger partial charge in [0, 0.05) is 35.1 Å². The van der Waals surface area contributed by atoms with E-state index in [0.29, 0.717) is 0 Å². The fourth-order valence-electron chi connectivity index (χ4n) is 7.49. The molecule has 10 aromatic rings. The van der Waals surface area contributed by atoms with Gasteiger partial charge in [0.25, 0.3) is 0 Å². The predicted molar refractivity (Wildman–Crippen MR) is 204 cm³/mol. The van der Waals surface area contributed by atoms with Crippen LogP contribution < -0.4 is 0 Å². The minimum absolute atomic E-state index is 1.26. The van der Waals surface area contributed by atoms with Gasteiger partial charge >= 0.3 is 0 Å². The zero-order valence-corrected chi connectivity index (χ0v) is 26.5. The Hall–Kier alpha value is -5.28. The molecule has 10 rings (SSSR count). The number of thiophene rings is 2. The average molecular weight is 619 g/mol. The lowest BCUT2D eigenvalue weighted by atomic mass is 9.84. The van der Waals surface area contributed by atoms with E-state index in [1.807, 2.05) is 22.7 Å². The lowest BCUT2D eigenvalue weighted by Crippen LogP contribution is -1.92. The van der Waals surface area contributed by atoms with Gasteiger partial charge in [0.2, 0.25) is 0 Å². The smallest absolute Gasteiger partial charge is 0.0448 e. The van der Waals surface area contributed by atoms with Gasteiger partial charge in [-0.3, -0.25) is 0 Å². The Labute approximate surface area is 274 Å². The van der Waals surface area contributed by atoms with Crippen molar-refractivity contribution in [3.05, 3.63) is 158 Å². The van der Waals surface area contributed by atoms with Gasteiger partial charge < -0.3 is 0 Å². The second-order valence-electron chi connectivity index (χ2n) is 12.0. The van der Waals surface area contributed by atoms with Crippen molar-refractivity contribution in [3.8, 4) is 32.7 Å². The van der Waals surface area contributed by atoms with Gasteiger partial charge in [-0.25, -0.2) is 0 Å². The standard InChI is InChI=1S/C44H26S2/c1-2-14-28(15-3-1)39-26-37-36(25-40-43(44(37)46-39)35-22-10-11-24-38(35)45-40)42-33-20-8-6-18-31(33)41(32-19-7-9-21-34(32)42)30-23-12-16-27-13-4-5-17-29(27)30/h1-26H. The topological polar surface area (TPSA) is 0 Å². The van der Waals surface area contributed by atoms with Crippen molar-refractivity contribution in [2.75, 3.05) is 0 Å². The van der Waals surface area contributed by atoms with Crippen LogP contribution in [0.25, 0.3) is 95.3 Å². The molecular formula is C44H26S2. The molecule has 214 valence electrons. The van der Waals surface area contributed by atoms with Crippen molar-refractivity contribution in [2.24, 2.45) is 0 Å². The maximum absolute atomic E-state index is 2.48. The summed E-state index contributed by atoms with van der Waals surface area (Å²) in [4.78, 5) is 1.31. The summed E-state index contributed by atoms with van der Waals surface area (Å²) in [5, 5.41) is 11.8. The molecule has 0 amide bonds. The van der Waals surface area contributed by atoms with Crippen LogP contribution in [0.3, 0.4) is 0 Å². The van der Waals surface area contributed by atoms with Crippen molar-refractivity contribution in [1.29, 1.82) is 0 Å². The molecule has 0 saturated carbocycles. The Morgan fingerprint density at radius 1 is 0.348 bits per heavy atom. The molecule has 8 aromatic carbocycles. The van der Waals surface area contributed by atoms with Crippen LogP contribution in [0.5, 0.6) is 0 Å². The maximum atomic E-state index is 2.48. The molecule has 0 atom stereocenters. The van der Waals surface area contributed by atoms with Gasteiger partial charge in [-0.2, -0.15) is 0 Å². The molecule has 0 radical (unpaired) electrons. The molecule has 0 aliphatic heterocycles. The quantitative estimate of drug-likeness (QED) is 0.173. The molecule has 2 aromatic heterocycles. The van der Waals surface area contributed by atoms with E-state index in [2.05, 4.69) is 158 Å².